The van der Waals surface area contributed by atoms with E-state index in [-0.39, 0.29) is 0 Å². The highest BCUT2D eigenvalue weighted by Gasteiger charge is 2.20. The zero-order chi connectivity index (χ0) is 37.2. The second-order valence-corrected chi connectivity index (χ2v) is 15.9. The Morgan fingerprint density at radius 2 is 0.964 bits per heavy atom. The van der Waals surface area contributed by atoms with E-state index in [0.717, 1.165) is 23.1 Å². The predicted molar refractivity (Wildman–Crippen MR) is 237 cm³/mol. The molecule has 2 aromatic heterocycles. The van der Waals surface area contributed by atoms with Crippen LogP contribution in [-0.4, -0.2) is 15.0 Å². The van der Waals surface area contributed by atoms with Crippen LogP contribution < -0.4 is 0 Å². The van der Waals surface area contributed by atoms with E-state index in [1.54, 1.807) is 0 Å². The van der Waals surface area contributed by atoms with Crippen molar-refractivity contribution in [2.45, 2.75) is 19.3 Å². The average molecular weight is 734 g/mol. The highest BCUT2D eigenvalue weighted by Crippen LogP contribution is 2.43. The number of hydrogen-bond acceptors (Lipinski definition) is 4. The van der Waals surface area contributed by atoms with Gasteiger partial charge in [-0.25, -0.2) is 15.0 Å². The molecule has 56 heavy (non-hydrogen) atoms. The summed E-state index contributed by atoms with van der Waals surface area (Å²) in [5, 5.41) is 7.86. The Kier molecular flexibility index (Phi) is 7.71. The maximum atomic E-state index is 4.98. The number of hydrogen-bond donors (Lipinski definition) is 0. The third-order valence-corrected chi connectivity index (χ3v) is 12.5. The summed E-state index contributed by atoms with van der Waals surface area (Å²) in [6.07, 6.45) is 5.75. The van der Waals surface area contributed by atoms with Gasteiger partial charge in [-0.1, -0.05) is 153 Å². The van der Waals surface area contributed by atoms with Crippen molar-refractivity contribution < 1.29 is 0 Å². The van der Waals surface area contributed by atoms with Gasteiger partial charge in [0.05, 0.1) is 0 Å². The fourth-order valence-electron chi connectivity index (χ4n) is 8.55. The molecule has 2 heterocycles. The van der Waals surface area contributed by atoms with Crippen molar-refractivity contribution in [2.75, 3.05) is 0 Å². The molecule has 0 amide bonds. The van der Waals surface area contributed by atoms with Gasteiger partial charge in [0.25, 0.3) is 0 Å². The van der Waals surface area contributed by atoms with Crippen LogP contribution in [0.2, 0.25) is 0 Å². The van der Waals surface area contributed by atoms with E-state index < -0.39 is 0 Å². The normalized spacial score (nSPS) is 13.8. The standard InChI is InChI=1S/C52H35N3S/c1-32-12-10-21-43-40-19-8-9-20-41(40)45-29-37(22-26-44(45)49(32)43)35-17-11-18-36(28-35)38-24-27-47-46(30-38)42-25-23-39(31-48(42)56-47)52-54-50(33-13-4-2-5-14-33)53-51(55-52)34-15-6-3-7-16-34/h2-11,13-32H,12H2,1H3. The van der Waals surface area contributed by atoms with E-state index >= 15 is 0 Å². The van der Waals surface area contributed by atoms with Gasteiger partial charge in [0.1, 0.15) is 0 Å². The summed E-state index contributed by atoms with van der Waals surface area (Å²) >= 11 is 1.81. The van der Waals surface area contributed by atoms with E-state index in [0.29, 0.717) is 23.4 Å². The maximum Gasteiger partial charge on any atom is 0.164 e. The van der Waals surface area contributed by atoms with Gasteiger partial charge in [0, 0.05) is 36.9 Å². The van der Waals surface area contributed by atoms with E-state index in [1.165, 1.54) is 75.1 Å². The molecule has 0 radical (unpaired) electrons. The lowest BCUT2D eigenvalue weighted by atomic mass is 9.81. The van der Waals surface area contributed by atoms with E-state index in [2.05, 4.69) is 122 Å². The summed E-state index contributed by atoms with van der Waals surface area (Å²) in [6.45, 7) is 2.36. The van der Waals surface area contributed by atoms with Crippen molar-refractivity contribution in [1.29, 1.82) is 0 Å². The van der Waals surface area contributed by atoms with Crippen molar-refractivity contribution in [1.82, 2.24) is 15.0 Å². The summed E-state index contributed by atoms with van der Waals surface area (Å²) < 4.78 is 2.47. The van der Waals surface area contributed by atoms with Gasteiger partial charge in [-0.3, -0.25) is 0 Å². The molecule has 0 N–H and O–H groups in total. The molecule has 264 valence electrons. The Morgan fingerprint density at radius 1 is 0.411 bits per heavy atom. The number of rotatable bonds is 5. The minimum atomic E-state index is 0.495. The molecule has 1 aliphatic carbocycles. The van der Waals surface area contributed by atoms with E-state index in [4.69, 9.17) is 15.0 Å². The maximum absolute atomic E-state index is 4.98. The van der Waals surface area contributed by atoms with Crippen LogP contribution in [-0.2, 0) is 0 Å². The largest absolute Gasteiger partial charge is 0.208 e. The molecule has 0 saturated carbocycles. The number of allylic oxidation sites excluding steroid dienone is 1. The van der Waals surface area contributed by atoms with Crippen molar-refractivity contribution in [3.8, 4) is 56.4 Å². The average Bonchev–Trinajstić information content (AvgIpc) is 3.64. The molecule has 0 saturated heterocycles. The van der Waals surface area contributed by atoms with Crippen molar-refractivity contribution >= 4 is 59.1 Å². The monoisotopic (exact) mass is 733 g/mol. The van der Waals surface area contributed by atoms with Crippen molar-refractivity contribution in [2.24, 2.45) is 0 Å². The van der Waals surface area contributed by atoms with Gasteiger partial charge in [-0.15, -0.1) is 11.3 Å². The molecular weight excluding hydrogens is 699 g/mol. The Labute approximate surface area is 329 Å². The van der Waals surface area contributed by atoms with Crippen molar-refractivity contribution in [3.05, 3.63) is 181 Å². The predicted octanol–water partition coefficient (Wildman–Crippen LogP) is 14.4. The zero-order valence-electron chi connectivity index (χ0n) is 30.8. The van der Waals surface area contributed by atoms with Crippen LogP contribution in [0.4, 0.5) is 0 Å². The molecule has 0 bridgehead atoms. The zero-order valence-corrected chi connectivity index (χ0v) is 31.6. The highest BCUT2D eigenvalue weighted by atomic mass is 32.1. The summed E-state index contributed by atoms with van der Waals surface area (Å²) in [6, 6.07) is 58.8. The van der Waals surface area contributed by atoms with Crippen LogP contribution in [0.25, 0.3) is 104 Å². The van der Waals surface area contributed by atoms with E-state index in [9.17, 15) is 0 Å². The Bertz CT molecular complexity index is 3120. The number of fused-ring (bicyclic) bond motifs is 9. The lowest BCUT2D eigenvalue weighted by Gasteiger charge is -2.23. The molecule has 11 rings (SSSR count). The van der Waals surface area contributed by atoms with Crippen LogP contribution >= 0.6 is 11.3 Å². The minimum absolute atomic E-state index is 0.495. The van der Waals surface area contributed by atoms with Crippen LogP contribution in [0.1, 0.15) is 30.4 Å². The first-order valence-electron chi connectivity index (χ1n) is 19.2. The minimum Gasteiger partial charge on any atom is -0.208 e. The van der Waals surface area contributed by atoms with Gasteiger partial charge in [0.2, 0.25) is 0 Å². The first-order valence-corrected chi connectivity index (χ1v) is 20.1. The van der Waals surface area contributed by atoms with Gasteiger partial charge in [-0.05, 0) is 97.6 Å². The molecule has 0 aliphatic heterocycles. The Balaban J connectivity index is 0.976. The second-order valence-electron chi connectivity index (χ2n) is 14.8. The molecule has 10 aromatic rings. The molecule has 4 heteroatoms. The lowest BCUT2D eigenvalue weighted by molar-refractivity contribution is 0.781. The molecule has 1 atom stereocenters. The SMILES string of the molecule is CC1CC=Cc2c1c1ccc(-c3cccc(-c4ccc5sc6cc(-c7nc(-c8ccccc8)nc(-c8ccccc8)n7)ccc6c5c4)c3)cc1c1ccccc21. The van der Waals surface area contributed by atoms with Gasteiger partial charge in [-0.2, -0.15) is 0 Å². The summed E-state index contributed by atoms with van der Waals surface area (Å²) in [5.41, 5.74) is 10.6. The fourth-order valence-corrected chi connectivity index (χ4v) is 9.68. The smallest absolute Gasteiger partial charge is 0.164 e. The third-order valence-electron chi connectivity index (χ3n) is 11.3. The number of aromatic nitrogens is 3. The molecule has 0 fully saturated rings. The van der Waals surface area contributed by atoms with Crippen molar-refractivity contribution in [3.63, 3.8) is 0 Å². The van der Waals surface area contributed by atoms with Gasteiger partial charge < -0.3 is 0 Å². The topological polar surface area (TPSA) is 38.7 Å². The molecule has 1 aliphatic rings. The molecular formula is C52H35N3S. The molecule has 3 nitrogen and oxygen atoms in total. The van der Waals surface area contributed by atoms with Crippen LogP contribution in [0.15, 0.2) is 170 Å². The quantitative estimate of drug-likeness (QED) is 0.165. The highest BCUT2D eigenvalue weighted by molar-refractivity contribution is 7.25. The summed E-state index contributed by atoms with van der Waals surface area (Å²) in [4.78, 5) is 14.8. The van der Waals surface area contributed by atoms with Gasteiger partial charge in [0.15, 0.2) is 17.5 Å². The Morgan fingerprint density at radius 3 is 1.68 bits per heavy atom. The van der Waals surface area contributed by atoms with Crippen LogP contribution in [0.5, 0.6) is 0 Å². The van der Waals surface area contributed by atoms with Gasteiger partial charge >= 0.3 is 0 Å². The molecule has 8 aromatic carbocycles. The number of nitrogens with zero attached hydrogens (tertiary/aromatic N) is 3. The molecule has 1 unspecified atom stereocenters. The Hall–Kier alpha value is -6.75. The number of thiophene rings is 1. The first kappa shape index (κ1) is 32.7. The van der Waals surface area contributed by atoms with Crippen LogP contribution in [0, 0.1) is 0 Å². The first-order chi connectivity index (χ1) is 27.6. The van der Waals surface area contributed by atoms with E-state index in [1.807, 2.05) is 72.0 Å². The van der Waals surface area contributed by atoms with Crippen LogP contribution in [0.3, 0.4) is 0 Å². The lowest BCUT2D eigenvalue weighted by Crippen LogP contribution is -2.02. The molecule has 0 spiro atoms. The summed E-state index contributed by atoms with van der Waals surface area (Å²) in [5.74, 6) is 2.50. The summed E-state index contributed by atoms with van der Waals surface area (Å²) in [7, 11) is 0. The number of benzene rings is 8. The fraction of sp³-hybridized carbons (Fsp3) is 0.0577. The third kappa shape index (κ3) is 5.53. The second kappa shape index (κ2) is 13.2.